The molecule has 0 spiro atoms. The molecule has 2 heteroatoms. The van der Waals surface area contributed by atoms with Crippen LogP contribution in [0.3, 0.4) is 0 Å². The Labute approximate surface area is 81.3 Å². The number of hydrogen-bond donors (Lipinski definition) is 1. The highest BCUT2D eigenvalue weighted by Gasteiger charge is 2.20. The quantitative estimate of drug-likeness (QED) is 0.619. The molecule has 0 rings (SSSR count). The van der Waals surface area contributed by atoms with Crippen molar-refractivity contribution in [2.45, 2.75) is 52.9 Å². The molecule has 78 valence electrons. The minimum Gasteiger partial charge on any atom is -0.481 e. The third-order valence-corrected chi connectivity index (χ3v) is 2.49. The van der Waals surface area contributed by atoms with E-state index in [-0.39, 0.29) is 11.8 Å². The molecule has 0 aromatic carbocycles. The van der Waals surface area contributed by atoms with Crippen LogP contribution in [0.4, 0.5) is 0 Å². The predicted molar refractivity (Wildman–Crippen MR) is 54.7 cm³/mol. The van der Waals surface area contributed by atoms with Gasteiger partial charge in [0.25, 0.3) is 0 Å². The minimum absolute atomic E-state index is 0.142. The van der Waals surface area contributed by atoms with Crippen molar-refractivity contribution in [3.8, 4) is 0 Å². The maximum atomic E-state index is 10.8. The highest BCUT2D eigenvalue weighted by atomic mass is 16.4. The van der Waals surface area contributed by atoms with Gasteiger partial charge in [0.05, 0.1) is 5.92 Å². The van der Waals surface area contributed by atoms with Gasteiger partial charge in [0.15, 0.2) is 0 Å². The molecule has 0 amide bonds. The molecular weight excluding hydrogens is 164 g/mol. The van der Waals surface area contributed by atoms with E-state index >= 15 is 0 Å². The molecule has 0 saturated carbocycles. The van der Waals surface area contributed by atoms with Crippen LogP contribution in [0, 0.1) is 11.8 Å². The van der Waals surface area contributed by atoms with Gasteiger partial charge in [0.1, 0.15) is 0 Å². The van der Waals surface area contributed by atoms with Crippen LogP contribution in [0.2, 0.25) is 0 Å². The molecule has 0 aliphatic carbocycles. The van der Waals surface area contributed by atoms with Crippen LogP contribution in [-0.4, -0.2) is 11.1 Å². The molecule has 0 radical (unpaired) electrons. The Kier molecular flexibility index (Phi) is 6.65. The normalized spacial score (nSPS) is 13.2. The average molecular weight is 186 g/mol. The SMILES string of the molecule is CCCCCCC(C(=O)O)C(C)C. The van der Waals surface area contributed by atoms with E-state index < -0.39 is 5.97 Å². The van der Waals surface area contributed by atoms with Crippen LogP contribution < -0.4 is 0 Å². The van der Waals surface area contributed by atoms with E-state index in [1.807, 2.05) is 13.8 Å². The summed E-state index contributed by atoms with van der Waals surface area (Å²) in [6.07, 6.45) is 5.51. The summed E-state index contributed by atoms with van der Waals surface area (Å²) in [6.45, 7) is 6.13. The highest BCUT2D eigenvalue weighted by Crippen LogP contribution is 2.19. The molecule has 1 atom stereocenters. The minimum atomic E-state index is -0.633. The first-order valence-electron chi connectivity index (χ1n) is 5.32. The van der Waals surface area contributed by atoms with Crippen molar-refractivity contribution in [1.82, 2.24) is 0 Å². The van der Waals surface area contributed by atoms with Crippen molar-refractivity contribution in [3.63, 3.8) is 0 Å². The lowest BCUT2D eigenvalue weighted by Gasteiger charge is -2.15. The van der Waals surface area contributed by atoms with Gasteiger partial charge in [-0.2, -0.15) is 0 Å². The van der Waals surface area contributed by atoms with E-state index in [0.29, 0.717) is 0 Å². The maximum absolute atomic E-state index is 10.8. The van der Waals surface area contributed by atoms with Gasteiger partial charge >= 0.3 is 5.97 Å². The summed E-state index contributed by atoms with van der Waals surface area (Å²) in [5.41, 5.74) is 0. The van der Waals surface area contributed by atoms with Crippen molar-refractivity contribution >= 4 is 5.97 Å². The first-order valence-corrected chi connectivity index (χ1v) is 5.32. The van der Waals surface area contributed by atoms with Gasteiger partial charge in [-0.05, 0) is 12.3 Å². The molecule has 0 aromatic heterocycles. The zero-order valence-corrected chi connectivity index (χ0v) is 9.05. The lowest BCUT2D eigenvalue weighted by atomic mass is 9.90. The molecule has 0 fully saturated rings. The zero-order valence-electron chi connectivity index (χ0n) is 9.05. The van der Waals surface area contributed by atoms with Crippen molar-refractivity contribution in [1.29, 1.82) is 0 Å². The fourth-order valence-corrected chi connectivity index (χ4v) is 1.53. The van der Waals surface area contributed by atoms with Crippen LogP contribution in [0.5, 0.6) is 0 Å². The Morgan fingerprint density at radius 2 is 1.85 bits per heavy atom. The van der Waals surface area contributed by atoms with Crippen LogP contribution in [0.15, 0.2) is 0 Å². The van der Waals surface area contributed by atoms with Gasteiger partial charge in [-0.1, -0.05) is 46.5 Å². The number of hydrogen-bond acceptors (Lipinski definition) is 1. The molecule has 0 aliphatic heterocycles. The van der Waals surface area contributed by atoms with Crippen LogP contribution in [-0.2, 0) is 4.79 Å². The molecule has 0 bridgehead atoms. The fourth-order valence-electron chi connectivity index (χ4n) is 1.53. The number of aliphatic carboxylic acids is 1. The number of unbranched alkanes of at least 4 members (excludes halogenated alkanes) is 3. The van der Waals surface area contributed by atoms with Gasteiger partial charge < -0.3 is 5.11 Å². The van der Waals surface area contributed by atoms with E-state index in [1.54, 1.807) is 0 Å². The van der Waals surface area contributed by atoms with Gasteiger partial charge in [0, 0.05) is 0 Å². The van der Waals surface area contributed by atoms with Gasteiger partial charge in [-0.3, -0.25) is 4.79 Å². The van der Waals surface area contributed by atoms with E-state index in [4.69, 9.17) is 5.11 Å². The molecular formula is C11H22O2. The predicted octanol–water partition coefficient (Wildman–Crippen LogP) is 3.31. The topological polar surface area (TPSA) is 37.3 Å². The second-order valence-electron chi connectivity index (χ2n) is 4.04. The van der Waals surface area contributed by atoms with E-state index in [2.05, 4.69) is 6.92 Å². The zero-order chi connectivity index (χ0) is 10.3. The number of carbonyl (C=O) groups is 1. The number of carboxylic acids is 1. The first-order chi connectivity index (χ1) is 6.09. The molecule has 1 unspecified atom stereocenters. The van der Waals surface area contributed by atoms with Gasteiger partial charge in [0.2, 0.25) is 0 Å². The Balaban J connectivity index is 3.64. The van der Waals surface area contributed by atoms with Crippen molar-refractivity contribution in [2.24, 2.45) is 11.8 Å². The van der Waals surface area contributed by atoms with E-state index in [0.717, 1.165) is 12.8 Å². The van der Waals surface area contributed by atoms with Crippen LogP contribution in [0.1, 0.15) is 52.9 Å². The largest absolute Gasteiger partial charge is 0.481 e. The first kappa shape index (κ1) is 12.5. The van der Waals surface area contributed by atoms with Crippen LogP contribution in [0.25, 0.3) is 0 Å². The van der Waals surface area contributed by atoms with Crippen molar-refractivity contribution < 1.29 is 9.90 Å². The molecule has 0 aromatic rings. The van der Waals surface area contributed by atoms with Gasteiger partial charge in [-0.15, -0.1) is 0 Å². The lowest BCUT2D eigenvalue weighted by Crippen LogP contribution is -2.19. The third-order valence-electron chi connectivity index (χ3n) is 2.49. The van der Waals surface area contributed by atoms with E-state index in [9.17, 15) is 4.79 Å². The molecule has 1 N–H and O–H groups in total. The molecule has 13 heavy (non-hydrogen) atoms. The Bertz CT molecular complexity index is 141. The fraction of sp³-hybridized carbons (Fsp3) is 0.909. The third kappa shape index (κ3) is 5.67. The Morgan fingerprint density at radius 3 is 2.23 bits per heavy atom. The Hall–Kier alpha value is -0.530. The summed E-state index contributed by atoms with van der Waals surface area (Å²) in [5, 5.41) is 8.90. The lowest BCUT2D eigenvalue weighted by molar-refractivity contribution is -0.143. The summed E-state index contributed by atoms with van der Waals surface area (Å²) < 4.78 is 0. The standard InChI is InChI=1S/C11H22O2/c1-4-5-6-7-8-10(9(2)3)11(12)13/h9-10H,4-8H2,1-3H3,(H,12,13). The molecule has 2 nitrogen and oxygen atoms in total. The van der Waals surface area contributed by atoms with Crippen molar-refractivity contribution in [3.05, 3.63) is 0 Å². The average Bonchev–Trinajstić information content (AvgIpc) is 2.02. The van der Waals surface area contributed by atoms with Gasteiger partial charge in [-0.25, -0.2) is 0 Å². The van der Waals surface area contributed by atoms with Crippen molar-refractivity contribution in [2.75, 3.05) is 0 Å². The summed E-state index contributed by atoms with van der Waals surface area (Å²) in [7, 11) is 0. The second-order valence-corrected chi connectivity index (χ2v) is 4.04. The molecule has 0 saturated heterocycles. The maximum Gasteiger partial charge on any atom is 0.306 e. The number of rotatable bonds is 7. The summed E-state index contributed by atoms with van der Waals surface area (Å²) in [5.74, 6) is -0.512. The summed E-state index contributed by atoms with van der Waals surface area (Å²) in [6, 6.07) is 0. The summed E-state index contributed by atoms with van der Waals surface area (Å²) in [4.78, 5) is 10.8. The van der Waals surface area contributed by atoms with E-state index in [1.165, 1.54) is 19.3 Å². The highest BCUT2D eigenvalue weighted by molar-refractivity contribution is 5.70. The summed E-state index contributed by atoms with van der Waals surface area (Å²) >= 11 is 0. The number of carboxylic acid groups (broad SMARTS) is 1. The Morgan fingerprint density at radius 1 is 1.23 bits per heavy atom. The molecule has 0 aliphatic rings. The monoisotopic (exact) mass is 186 g/mol. The smallest absolute Gasteiger partial charge is 0.306 e. The second kappa shape index (κ2) is 6.93. The van der Waals surface area contributed by atoms with Crippen LogP contribution >= 0.6 is 0 Å². The molecule has 0 heterocycles.